The highest BCUT2D eigenvalue weighted by Crippen LogP contribution is 2.17. The first-order chi connectivity index (χ1) is 8.83. The number of anilines is 2. The highest BCUT2D eigenvalue weighted by atomic mass is 35.5. The van der Waals surface area contributed by atoms with E-state index in [4.69, 9.17) is 44.7 Å². The van der Waals surface area contributed by atoms with Gasteiger partial charge in [0.1, 0.15) is 0 Å². The minimum atomic E-state index is -0.832. The Morgan fingerprint density at radius 2 is 1.68 bits per heavy atom. The molecule has 0 saturated carbocycles. The maximum absolute atomic E-state index is 11.3. The summed E-state index contributed by atoms with van der Waals surface area (Å²) in [4.78, 5) is 21.7. The molecule has 0 spiro atoms. The van der Waals surface area contributed by atoms with Gasteiger partial charge < -0.3 is 33.1 Å². The Kier molecular flexibility index (Phi) is 7.11. The van der Waals surface area contributed by atoms with Crippen molar-refractivity contribution < 1.29 is 15.0 Å². The average Bonchev–Trinajstić information content (AvgIpc) is 2.33. The number of aliphatic hydroxyl groups excluding tert-OH is 2. The van der Waals surface area contributed by atoms with Gasteiger partial charge in [0.2, 0.25) is 0 Å². The van der Waals surface area contributed by atoms with Crippen molar-refractivity contribution in [1.82, 2.24) is 9.97 Å². The third kappa shape index (κ3) is 5.81. The van der Waals surface area contributed by atoms with Crippen LogP contribution in [0.5, 0.6) is 0 Å². The molecule has 0 aromatic carbocycles. The number of amides is 1. The summed E-state index contributed by atoms with van der Waals surface area (Å²) in [6.07, 6.45) is 0. The fraction of sp³-hybridized carbons (Fsp3) is 0.250. The van der Waals surface area contributed by atoms with Gasteiger partial charge in [-0.3, -0.25) is 4.79 Å². The van der Waals surface area contributed by atoms with Crippen LogP contribution >= 0.6 is 11.6 Å². The molecule has 106 valence electrons. The molecule has 0 unspecified atom stereocenters. The number of aliphatic hydroxyl groups is 2. The Balaban J connectivity index is 0.000000711. The first-order valence-electron chi connectivity index (χ1n) is 4.77. The van der Waals surface area contributed by atoms with Crippen LogP contribution in [0, 0.1) is 0 Å². The molecule has 0 radical (unpaired) electrons. The number of aromatic nitrogens is 2. The molecule has 11 heteroatoms. The molecule has 1 rings (SSSR count). The predicted octanol–water partition coefficient (Wildman–Crippen LogP) is -2.32. The van der Waals surface area contributed by atoms with E-state index in [0.29, 0.717) is 0 Å². The molecule has 0 aliphatic rings. The van der Waals surface area contributed by atoms with Gasteiger partial charge in [0, 0.05) is 0 Å². The molecule has 10 N–H and O–H groups in total. The van der Waals surface area contributed by atoms with E-state index in [0.717, 1.165) is 0 Å². The molecule has 1 heterocycles. The van der Waals surface area contributed by atoms with Crippen LogP contribution in [-0.4, -0.2) is 45.3 Å². The van der Waals surface area contributed by atoms with E-state index in [1.807, 2.05) is 0 Å². The van der Waals surface area contributed by atoms with Gasteiger partial charge in [-0.05, 0) is 0 Å². The topological polar surface area (TPSA) is 200 Å². The fourth-order valence-corrected chi connectivity index (χ4v) is 0.896. The molecule has 0 aliphatic heterocycles. The van der Waals surface area contributed by atoms with Crippen molar-refractivity contribution in [2.45, 2.75) is 0 Å². The van der Waals surface area contributed by atoms with Crippen molar-refractivity contribution >= 4 is 35.1 Å². The molecule has 1 aromatic rings. The zero-order valence-corrected chi connectivity index (χ0v) is 10.5. The van der Waals surface area contributed by atoms with E-state index >= 15 is 0 Å². The third-order valence-corrected chi connectivity index (χ3v) is 1.72. The van der Waals surface area contributed by atoms with Crippen molar-refractivity contribution in [3.05, 3.63) is 10.8 Å². The van der Waals surface area contributed by atoms with Crippen LogP contribution in [0.2, 0.25) is 5.15 Å². The normalized spacial score (nSPS) is 9.21. The highest BCUT2D eigenvalue weighted by molar-refractivity contribution is 6.31. The van der Waals surface area contributed by atoms with E-state index < -0.39 is 11.9 Å². The molecule has 0 aliphatic carbocycles. The number of aliphatic imine (C=N–C) groups is 1. The van der Waals surface area contributed by atoms with Crippen molar-refractivity contribution in [2.24, 2.45) is 16.5 Å². The molecule has 0 bridgehead atoms. The summed E-state index contributed by atoms with van der Waals surface area (Å²) < 4.78 is 0. The van der Waals surface area contributed by atoms with Gasteiger partial charge in [0.05, 0.1) is 13.2 Å². The quantitative estimate of drug-likeness (QED) is 0.255. The molecular formula is C8H14ClN7O3. The van der Waals surface area contributed by atoms with Crippen LogP contribution in [0.15, 0.2) is 4.99 Å². The summed E-state index contributed by atoms with van der Waals surface area (Å²) in [5, 5.41) is 15.1. The molecule has 0 saturated heterocycles. The number of guanidine groups is 1. The lowest BCUT2D eigenvalue weighted by molar-refractivity contribution is 0.0998. The lowest BCUT2D eigenvalue weighted by Gasteiger charge is -2.02. The Hall–Kier alpha value is -2.17. The predicted molar refractivity (Wildman–Crippen MR) is 70.2 cm³/mol. The Morgan fingerprint density at radius 1 is 1.16 bits per heavy atom. The summed E-state index contributed by atoms with van der Waals surface area (Å²) in [5.41, 5.74) is 20.5. The summed E-state index contributed by atoms with van der Waals surface area (Å²) in [7, 11) is 0. The molecule has 0 fully saturated rings. The largest absolute Gasteiger partial charge is 0.394 e. The summed E-state index contributed by atoms with van der Waals surface area (Å²) in [5.74, 6) is -1.50. The van der Waals surface area contributed by atoms with Crippen molar-refractivity contribution in [3.63, 3.8) is 0 Å². The van der Waals surface area contributed by atoms with E-state index in [1.165, 1.54) is 0 Å². The van der Waals surface area contributed by atoms with Gasteiger partial charge in [0.25, 0.3) is 0 Å². The SMILES string of the molecule is NC(N)=NC(=O)c1nc(Cl)c(N)nc1N.OCCO. The number of halogens is 1. The molecule has 1 amide bonds. The molecular weight excluding hydrogens is 278 g/mol. The zero-order chi connectivity index (χ0) is 15.0. The third-order valence-electron chi connectivity index (χ3n) is 1.44. The highest BCUT2D eigenvalue weighted by Gasteiger charge is 2.15. The lowest BCUT2D eigenvalue weighted by Crippen LogP contribution is -2.24. The van der Waals surface area contributed by atoms with E-state index in [1.54, 1.807) is 0 Å². The van der Waals surface area contributed by atoms with Crippen molar-refractivity contribution in [3.8, 4) is 0 Å². The van der Waals surface area contributed by atoms with Crippen LogP contribution in [0.25, 0.3) is 0 Å². The number of rotatable bonds is 2. The van der Waals surface area contributed by atoms with Gasteiger partial charge >= 0.3 is 5.91 Å². The number of nitrogen functional groups attached to an aromatic ring is 2. The molecule has 0 atom stereocenters. The van der Waals surface area contributed by atoms with Crippen LogP contribution in [0.3, 0.4) is 0 Å². The van der Waals surface area contributed by atoms with E-state index in [9.17, 15) is 4.79 Å². The fourth-order valence-electron chi connectivity index (χ4n) is 0.769. The second-order valence-corrected chi connectivity index (χ2v) is 3.28. The number of nitrogens with zero attached hydrogens (tertiary/aromatic N) is 3. The van der Waals surface area contributed by atoms with Gasteiger partial charge in [-0.2, -0.15) is 4.99 Å². The molecule has 1 aromatic heterocycles. The molecule has 10 nitrogen and oxygen atoms in total. The number of hydrogen-bond donors (Lipinski definition) is 6. The van der Waals surface area contributed by atoms with Gasteiger partial charge in [-0.1, -0.05) is 11.6 Å². The Labute approximate surface area is 113 Å². The second-order valence-electron chi connectivity index (χ2n) is 2.92. The minimum Gasteiger partial charge on any atom is -0.394 e. The first-order valence-corrected chi connectivity index (χ1v) is 5.15. The maximum atomic E-state index is 11.3. The lowest BCUT2D eigenvalue weighted by atomic mass is 10.4. The summed E-state index contributed by atoms with van der Waals surface area (Å²) >= 11 is 5.55. The number of carbonyl (C=O) groups excluding carboxylic acids is 1. The minimum absolute atomic E-state index is 0.0737. The van der Waals surface area contributed by atoms with Crippen molar-refractivity contribution in [1.29, 1.82) is 0 Å². The van der Waals surface area contributed by atoms with Crippen LogP contribution in [0.1, 0.15) is 10.5 Å². The molecule has 19 heavy (non-hydrogen) atoms. The standard InChI is InChI=1S/C6H8ClN7O.C2H6O2/c7-2-4(9)13-3(8)1(12-2)5(15)14-6(10)11;3-1-2-4/h(H4,8,9,13)(H4,10,11,14,15);3-4H,1-2H2. The number of hydrogen-bond acceptors (Lipinski definition) is 7. The number of nitrogens with two attached hydrogens (primary N) is 4. The van der Waals surface area contributed by atoms with Crippen LogP contribution in [-0.2, 0) is 0 Å². The van der Waals surface area contributed by atoms with Gasteiger partial charge in [-0.15, -0.1) is 0 Å². The average molecular weight is 292 g/mol. The van der Waals surface area contributed by atoms with Crippen molar-refractivity contribution in [2.75, 3.05) is 24.7 Å². The first kappa shape index (κ1) is 16.8. The van der Waals surface area contributed by atoms with Gasteiger partial charge in [0.15, 0.2) is 28.4 Å². The van der Waals surface area contributed by atoms with E-state index in [-0.39, 0.29) is 35.7 Å². The van der Waals surface area contributed by atoms with E-state index in [2.05, 4.69) is 15.0 Å². The summed E-state index contributed by atoms with van der Waals surface area (Å²) in [6, 6.07) is 0. The summed E-state index contributed by atoms with van der Waals surface area (Å²) in [6.45, 7) is -0.250. The smallest absolute Gasteiger partial charge is 0.302 e. The number of carbonyl (C=O) groups is 1. The maximum Gasteiger partial charge on any atom is 0.302 e. The van der Waals surface area contributed by atoms with Gasteiger partial charge in [-0.25, -0.2) is 9.97 Å². The zero-order valence-electron chi connectivity index (χ0n) is 9.75. The Bertz CT molecular complexity index is 474. The second kappa shape index (κ2) is 8.02. The Morgan fingerprint density at radius 3 is 2.11 bits per heavy atom. The monoisotopic (exact) mass is 291 g/mol. The van der Waals surface area contributed by atoms with Crippen LogP contribution < -0.4 is 22.9 Å². The van der Waals surface area contributed by atoms with Crippen LogP contribution in [0.4, 0.5) is 11.6 Å².